The van der Waals surface area contributed by atoms with Crippen LogP contribution in [0.3, 0.4) is 0 Å². The molecule has 0 saturated carbocycles. The topological polar surface area (TPSA) is 29.5 Å². The van der Waals surface area contributed by atoms with Crippen molar-refractivity contribution in [1.29, 1.82) is 0 Å². The summed E-state index contributed by atoms with van der Waals surface area (Å²) in [4.78, 5) is 0. The molecular weight excluding hydrogens is 176 g/mol. The van der Waals surface area contributed by atoms with E-state index in [4.69, 9.17) is 4.74 Å². The number of hydrogen-bond donors (Lipinski definition) is 1. The minimum atomic E-state index is -0.135. The fourth-order valence-corrected chi connectivity index (χ4v) is 2.25. The molecule has 3 atom stereocenters. The third kappa shape index (κ3) is 3.58. The van der Waals surface area contributed by atoms with E-state index >= 15 is 0 Å². The maximum absolute atomic E-state index is 9.94. The molecule has 1 aliphatic rings. The molecule has 1 aliphatic heterocycles. The molecule has 1 saturated heterocycles. The molecule has 0 aromatic heterocycles. The van der Waals surface area contributed by atoms with Crippen molar-refractivity contribution in [2.45, 2.75) is 64.6 Å². The molecule has 0 amide bonds. The lowest BCUT2D eigenvalue weighted by Gasteiger charge is -2.20. The second kappa shape index (κ2) is 6.41. The van der Waals surface area contributed by atoms with Crippen LogP contribution in [0.5, 0.6) is 0 Å². The van der Waals surface area contributed by atoms with Gasteiger partial charge in [-0.05, 0) is 19.8 Å². The Balaban J connectivity index is 2.11. The van der Waals surface area contributed by atoms with E-state index in [1.807, 2.05) is 0 Å². The first-order valence-corrected chi connectivity index (χ1v) is 6.05. The summed E-state index contributed by atoms with van der Waals surface area (Å²) < 4.78 is 5.45. The molecule has 0 aliphatic carbocycles. The molecule has 14 heavy (non-hydrogen) atoms. The van der Waals surface area contributed by atoms with Gasteiger partial charge in [0.25, 0.3) is 0 Å². The summed E-state index contributed by atoms with van der Waals surface area (Å²) in [6.45, 7) is 5.12. The number of ether oxygens (including phenoxy) is 1. The summed E-state index contributed by atoms with van der Waals surface area (Å²) in [6, 6.07) is 0. The Kier molecular flexibility index (Phi) is 5.49. The van der Waals surface area contributed by atoms with E-state index in [1.165, 1.54) is 19.3 Å². The lowest BCUT2D eigenvalue weighted by Crippen LogP contribution is -2.26. The van der Waals surface area contributed by atoms with Gasteiger partial charge in [0.05, 0.1) is 12.2 Å². The first-order valence-electron chi connectivity index (χ1n) is 6.05. The van der Waals surface area contributed by atoms with Crippen LogP contribution in [-0.2, 0) is 4.74 Å². The molecule has 0 spiro atoms. The molecular formula is C12H24O2. The van der Waals surface area contributed by atoms with Gasteiger partial charge < -0.3 is 9.84 Å². The molecule has 1 fully saturated rings. The van der Waals surface area contributed by atoms with Crippen LogP contribution in [0.2, 0.25) is 0 Å². The maximum Gasteiger partial charge on any atom is 0.0600 e. The largest absolute Gasteiger partial charge is 0.393 e. The normalized spacial score (nSPS) is 29.4. The van der Waals surface area contributed by atoms with E-state index in [-0.39, 0.29) is 12.2 Å². The first-order chi connectivity index (χ1) is 6.75. The molecule has 1 heterocycles. The van der Waals surface area contributed by atoms with Gasteiger partial charge in [-0.2, -0.15) is 0 Å². The molecule has 2 nitrogen and oxygen atoms in total. The molecule has 0 radical (unpaired) electrons. The van der Waals surface area contributed by atoms with Crippen LogP contribution in [-0.4, -0.2) is 23.9 Å². The molecule has 3 unspecified atom stereocenters. The third-order valence-electron chi connectivity index (χ3n) is 3.28. The second-order valence-corrected chi connectivity index (χ2v) is 4.45. The van der Waals surface area contributed by atoms with Crippen LogP contribution >= 0.6 is 0 Å². The monoisotopic (exact) mass is 200 g/mol. The van der Waals surface area contributed by atoms with Crippen LogP contribution in [0, 0.1) is 5.92 Å². The van der Waals surface area contributed by atoms with E-state index in [0.29, 0.717) is 5.92 Å². The Bertz CT molecular complexity index is 147. The standard InChI is InChI=1S/C12H24O2/c1-3-4-5-6-7-12(13)11-8-9-14-10(11)2/h10-13H,3-9H2,1-2H3. The van der Waals surface area contributed by atoms with Gasteiger partial charge in [0, 0.05) is 12.5 Å². The van der Waals surface area contributed by atoms with E-state index in [1.54, 1.807) is 0 Å². The zero-order chi connectivity index (χ0) is 10.4. The Morgan fingerprint density at radius 1 is 1.36 bits per heavy atom. The third-order valence-corrected chi connectivity index (χ3v) is 3.28. The summed E-state index contributed by atoms with van der Waals surface area (Å²) in [7, 11) is 0. The highest BCUT2D eigenvalue weighted by Crippen LogP contribution is 2.26. The number of hydrogen-bond acceptors (Lipinski definition) is 2. The molecule has 1 N–H and O–H groups in total. The SMILES string of the molecule is CCCCCCC(O)C1CCOC1C. The van der Waals surface area contributed by atoms with Gasteiger partial charge in [-0.1, -0.05) is 32.6 Å². The van der Waals surface area contributed by atoms with Crippen molar-refractivity contribution < 1.29 is 9.84 Å². The van der Waals surface area contributed by atoms with Gasteiger partial charge in [-0.15, -0.1) is 0 Å². The summed E-state index contributed by atoms with van der Waals surface area (Å²) in [5.74, 6) is 0.386. The molecule has 2 heteroatoms. The predicted molar refractivity (Wildman–Crippen MR) is 58.3 cm³/mol. The van der Waals surface area contributed by atoms with Crippen molar-refractivity contribution in [3.8, 4) is 0 Å². The summed E-state index contributed by atoms with van der Waals surface area (Å²) in [6.07, 6.45) is 7.10. The van der Waals surface area contributed by atoms with E-state index < -0.39 is 0 Å². The van der Waals surface area contributed by atoms with Crippen LogP contribution in [0.1, 0.15) is 52.4 Å². The lowest BCUT2D eigenvalue weighted by atomic mass is 9.92. The van der Waals surface area contributed by atoms with Gasteiger partial charge in [-0.3, -0.25) is 0 Å². The fraction of sp³-hybridized carbons (Fsp3) is 1.00. The number of rotatable bonds is 6. The predicted octanol–water partition coefficient (Wildman–Crippen LogP) is 2.74. The van der Waals surface area contributed by atoms with Crippen molar-refractivity contribution in [3.63, 3.8) is 0 Å². The Morgan fingerprint density at radius 2 is 2.14 bits per heavy atom. The zero-order valence-electron chi connectivity index (χ0n) is 9.54. The Morgan fingerprint density at radius 3 is 2.71 bits per heavy atom. The van der Waals surface area contributed by atoms with E-state index in [0.717, 1.165) is 25.9 Å². The van der Waals surface area contributed by atoms with E-state index in [2.05, 4.69) is 13.8 Å². The van der Waals surface area contributed by atoms with Crippen LogP contribution in [0.15, 0.2) is 0 Å². The Labute approximate surface area is 87.7 Å². The number of unbranched alkanes of at least 4 members (excludes halogenated alkanes) is 3. The van der Waals surface area contributed by atoms with Gasteiger partial charge in [0.2, 0.25) is 0 Å². The van der Waals surface area contributed by atoms with Crippen LogP contribution in [0.25, 0.3) is 0 Å². The van der Waals surface area contributed by atoms with Gasteiger partial charge in [0.15, 0.2) is 0 Å². The average molecular weight is 200 g/mol. The molecule has 84 valence electrons. The highest BCUT2D eigenvalue weighted by atomic mass is 16.5. The van der Waals surface area contributed by atoms with Crippen molar-refractivity contribution >= 4 is 0 Å². The lowest BCUT2D eigenvalue weighted by molar-refractivity contribution is 0.0384. The van der Waals surface area contributed by atoms with Crippen LogP contribution in [0.4, 0.5) is 0 Å². The summed E-state index contributed by atoms with van der Waals surface area (Å²) in [5, 5.41) is 9.94. The maximum atomic E-state index is 9.94. The number of aliphatic hydroxyl groups excluding tert-OH is 1. The molecule has 1 rings (SSSR count). The first kappa shape index (κ1) is 12.0. The summed E-state index contributed by atoms with van der Waals surface area (Å²) >= 11 is 0. The quantitative estimate of drug-likeness (QED) is 0.668. The average Bonchev–Trinajstić information content (AvgIpc) is 2.59. The minimum absolute atomic E-state index is 0.135. The van der Waals surface area contributed by atoms with Crippen molar-refractivity contribution in [1.82, 2.24) is 0 Å². The van der Waals surface area contributed by atoms with Gasteiger partial charge in [0.1, 0.15) is 0 Å². The van der Waals surface area contributed by atoms with Crippen LogP contribution < -0.4 is 0 Å². The molecule has 0 aromatic rings. The molecule has 0 aromatic carbocycles. The van der Waals surface area contributed by atoms with Crippen molar-refractivity contribution in [3.05, 3.63) is 0 Å². The van der Waals surface area contributed by atoms with Crippen molar-refractivity contribution in [2.75, 3.05) is 6.61 Å². The number of aliphatic hydroxyl groups is 1. The minimum Gasteiger partial charge on any atom is -0.393 e. The fourth-order valence-electron chi connectivity index (χ4n) is 2.25. The van der Waals surface area contributed by atoms with E-state index in [9.17, 15) is 5.11 Å². The van der Waals surface area contributed by atoms with Gasteiger partial charge >= 0.3 is 0 Å². The smallest absolute Gasteiger partial charge is 0.0600 e. The highest BCUT2D eigenvalue weighted by molar-refractivity contribution is 4.79. The zero-order valence-corrected chi connectivity index (χ0v) is 9.54. The van der Waals surface area contributed by atoms with Crippen molar-refractivity contribution in [2.24, 2.45) is 5.92 Å². The highest BCUT2D eigenvalue weighted by Gasteiger charge is 2.29. The molecule has 0 bridgehead atoms. The Hall–Kier alpha value is -0.0800. The summed E-state index contributed by atoms with van der Waals surface area (Å²) in [5.41, 5.74) is 0. The second-order valence-electron chi connectivity index (χ2n) is 4.45. The van der Waals surface area contributed by atoms with Gasteiger partial charge in [-0.25, -0.2) is 0 Å².